The Morgan fingerprint density at radius 2 is 2.44 bits per heavy atom. The molecule has 1 aromatic rings. The van der Waals surface area contributed by atoms with Gasteiger partial charge in [-0.3, -0.25) is 10.1 Å². The van der Waals surface area contributed by atoms with Gasteiger partial charge in [0.1, 0.15) is 5.15 Å². The fourth-order valence-electron chi connectivity index (χ4n) is 2.17. The van der Waals surface area contributed by atoms with E-state index in [1.54, 1.807) is 12.3 Å². The van der Waals surface area contributed by atoms with Crippen LogP contribution in [0.2, 0.25) is 5.15 Å². The molecule has 0 aliphatic carbocycles. The number of hydrogen-bond acceptors (Lipinski definition) is 4. The molecule has 6 heteroatoms. The third kappa shape index (κ3) is 3.43. The highest BCUT2D eigenvalue weighted by atomic mass is 35.5. The van der Waals surface area contributed by atoms with Crippen molar-refractivity contribution in [2.24, 2.45) is 5.92 Å². The normalized spacial score (nSPS) is 21.6. The lowest BCUT2D eigenvalue weighted by molar-refractivity contribution is -0.404. The monoisotopic (exact) mass is 267 g/mol. The molecule has 18 heavy (non-hydrogen) atoms. The van der Waals surface area contributed by atoms with E-state index >= 15 is 0 Å². The zero-order valence-electron chi connectivity index (χ0n) is 9.80. The first-order chi connectivity index (χ1) is 8.65. The van der Waals surface area contributed by atoms with E-state index in [0.29, 0.717) is 10.9 Å². The Balaban J connectivity index is 2.10. The van der Waals surface area contributed by atoms with E-state index in [9.17, 15) is 10.1 Å². The SMILES string of the molecule is O=[N+]([O-])C=C1NCCCC1Cc1ccc(Cl)nc1. The first-order valence-electron chi connectivity index (χ1n) is 5.84. The van der Waals surface area contributed by atoms with Gasteiger partial charge >= 0.3 is 0 Å². The Morgan fingerprint density at radius 3 is 3.11 bits per heavy atom. The van der Waals surface area contributed by atoms with Crippen LogP contribution in [0.25, 0.3) is 0 Å². The number of hydrogen-bond donors (Lipinski definition) is 1. The summed E-state index contributed by atoms with van der Waals surface area (Å²) in [4.78, 5) is 14.2. The molecule has 0 radical (unpaired) electrons. The molecule has 2 rings (SSSR count). The summed E-state index contributed by atoms with van der Waals surface area (Å²) < 4.78 is 0. The van der Waals surface area contributed by atoms with Crippen molar-refractivity contribution in [1.82, 2.24) is 10.3 Å². The van der Waals surface area contributed by atoms with Crippen molar-refractivity contribution < 1.29 is 4.92 Å². The van der Waals surface area contributed by atoms with Gasteiger partial charge in [0, 0.05) is 18.7 Å². The summed E-state index contributed by atoms with van der Waals surface area (Å²) in [6, 6.07) is 3.65. The van der Waals surface area contributed by atoms with Crippen LogP contribution in [0.15, 0.2) is 30.2 Å². The third-order valence-corrected chi connectivity index (χ3v) is 3.24. The highest BCUT2D eigenvalue weighted by molar-refractivity contribution is 6.29. The van der Waals surface area contributed by atoms with Gasteiger partial charge in [-0.25, -0.2) is 4.98 Å². The number of nitro groups is 1. The zero-order valence-corrected chi connectivity index (χ0v) is 10.6. The Bertz CT molecular complexity index is 459. The maximum atomic E-state index is 10.6. The molecule has 1 N–H and O–H groups in total. The van der Waals surface area contributed by atoms with Crippen molar-refractivity contribution in [2.75, 3.05) is 6.54 Å². The van der Waals surface area contributed by atoms with Gasteiger partial charge < -0.3 is 5.32 Å². The van der Waals surface area contributed by atoms with Gasteiger partial charge in [0.25, 0.3) is 6.20 Å². The van der Waals surface area contributed by atoms with Crippen LogP contribution in [-0.4, -0.2) is 16.5 Å². The van der Waals surface area contributed by atoms with Gasteiger partial charge in [-0.05, 0) is 30.9 Å². The number of allylic oxidation sites excluding steroid dienone is 1. The van der Waals surface area contributed by atoms with Crippen molar-refractivity contribution in [3.05, 3.63) is 51.1 Å². The Labute approximate surface area is 110 Å². The lowest BCUT2D eigenvalue weighted by Crippen LogP contribution is -2.29. The van der Waals surface area contributed by atoms with Crippen molar-refractivity contribution >= 4 is 11.6 Å². The quantitative estimate of drug-likeness (QED) is 0.519. The summed E-state index contributed by atoms with van der Waals surface area (Å²) in [7, 11) is 0. The molecule has 0 bridgehead atoms. The second kappa shape index (κ2) is 5.82. The van der Waals surface area contributed by atoms with Crippen LogP contribution < -0.4 is 5.32 Å². The average Bonchev–Trinajstić information content (AvgIpc) is 2.34. The minimum absolute atomic E-state index is 0.159. The number of rotatable bonds is 3. The Morgan fingerprint density at radius 1 is 1.61 bits per heavy atom. The van der Waals surface area contributed by atoms with Crippen LogP contribution in [-0.2, 0) is 6.42 Å². The number of piperidine rings is 1. The summed E-state index contributed by atoms with van der Waals surface area (Å²) in [6.07, 6.45) is 5.53. The van der Waals surface area contributed by atoms with E-state index in [0.717, 1.165) is 37.6 Å². The molecule has 1 aliphatic rings. The summed E-state index contributed by atoms with van der Waals surface area (Å²) in [6.45, 7) is 0.801. The first-order valence-corrected chi connectivity index (χ1v) is 6.22. The summed E-state index contributed by atoms with van der Waals surface area (Å²) >= 11 is 5.73. The summed E-state index contributed by atoms with van der Waals surface area (Å²) in [5, 5.41) is 14.1. The predicted octanol–water partition coefficient (Wildman–Crippen LogP) is 2.40. The standard InChI is InChI=1S/C12H14ClN3O2/c13-12-4-3-9(7-15-12)6-10-2-1-5-14-11(10)8-16(17)18/h3-4,7-8,10,14H,1-2,5-6H2. The lowest BCUT2D eigenvalue weighted by atomic mass is 9.90. The van der Waals surface area contributed by atoms with Gasteiger partial charge in [-0.15, -0.1) is 0 Å². The average molecular weight is 268 g/mol. The van der Waals surface area contributed by atoms with E-state index in [1.807, 2.05) is 6.07 Å². The fraction of sp³-hybridized carbons (Fsp3) is 0.417. The topological polar surface area (TPSA) is 68.1 Å². The summed E-state index contributed by atoms with van der Waals surface area (Å²) in [5.41, 5.74) is 1.75. The lowest BCUT2D eigenvalue weighted by Gasteiger charge is -2.25. The predicted molar refractivity (Wildman–Crippen MR) is 68.8 cm³/mol. The molecule has 0 amide bonds. The van der Waals surface area contributed by atoms with Crippen molar-refractivity contribution in [3.8, 4) is 0 Å². The Hall–Kier alpha value is -1.62. The molecule has 5 nitrogen and oxygen atoms in total. The molecule has 1 aromatic heterocycles. The van der Waals surface area contributed by atoms with Crippen LogP contribution in [0.1, 0.15) is 18.4 Å². The molecule has 96 valence electrons. The van der Waals surface area contributed by atoms with Crippen molar-refractivity contribution in [3.63, 3.8) is 0 Å². The molecular formula is C12H14ClN3O2. The number of halogens is 1. The molecule has 0 saturated carbocycles. The zero-order chi connectivity index (χ0) is 13.0. The molecule has 2 heterocycles. The van der Waals surface area contributed by atoms with Crippen molar-refractivity contribution in [1.29, 1.82) is 0 Å². The molecule has 1 aliphatic heterocycles. The fourth-order valence-corrected chi connectivity index (χ4v) is 2.28. The van der Waals surface area contributed by atoms with Crippen LogP contribution in [0.5, 0.6) is 0 Å². The minimum atomic E-state index is -0.402. The maximum absolute atomic E-state index is 10.6. The number of pyridine rings is 1. The molecule has 1 saturated heterocycles. The largest absolute Gasteiger partial charge is 0.383 e. The van der Waals surface area contributed by atoms with E-state index in [-0.39, 0.29) is 5.92 Å². The van der Waals surface area contributed by atoms with Gasteiger partial charge in [0.15, 0.2) is 0 Å². The van der Waals surface area contributed by atoms with E-state index in [4.69, 9.17) is 11.6 Å². The van der Waals surface area contributed by atoms with Crippen LogP contribution in [0, 0.1) is 16.0 Å². The number of nitrogens with zero attached hydrogens (tertiary/aromatic N) is 2. The maximum Gasteiger partial charge on any atom is 0.253 e. The van der Waals surface area contributed by atoms with Crippen LogP contribution in [0.3, 0.4) is 0 Å². The second-order valence-corrected chi connectivity index (χ2v) is 4.72. The Kier molecular flexibility index (Phi) is 4.15. The van der Waals surface area contributed by atoms with E-state index in [2.05, 4.69) is 10.3 Å². The molecule has 0 spiro atoms. The third-order valence-electron chi connectivity index (χ3n) is 3.01. The van der Waals surface area contributed by atoms with Gasteiger partial charge in [-0.1, -0.05) is 17.7 Å². The van der Waals surface area contributed by atoms with Crippen LogP contribution in [0.4, 0.5) is 0 Å². The van der Waals surface area contributed by atoms with Crippen molar-refractivity contribution in [2.45, 2.75) is 19.3 Å². The van der Waals surface area contributed by atoms with Gasteiger partial charge in [0.2, 0.25) is 0 Å². The smallest absolute Gasteiger partial charge is 0.253 e. The molecule has 1 atom stereocenters. The molecule has 1 fully saturated rings. The number of nitrogens with one attached hydrogen (secondary N) is 1. The van der Waals surface area contributed by atoms with Gasteiger partial charge in [0.05, 0.1) is 10.6 Å². The number of aromatic nitrogens is 1. The highest BCUT2D eigenvalue weighted by Gasteiger charge is 2.21. The molecular weight excluding hydrogens is 254 g/mol. The second-order valence-electron chi connectivity index (χ2n) is 4.33. The highest BCUT2D eigenvalue weighted by Crippen LogP contribution is 2.24. The first kappa shape index (κ1) is 12.8. The minimum Gasteiger partial charge on any atom is -0.383 e. The molecule has 1 unspecified atom stereocenters. The van der Waals surface area contributed by atoms with E-state index < -0.39 is 4.92 Å². The van der Waals surface area contributed by atoms with E-state index in [1.165, 1.54) is 0 Å². The molecule has 0 aromatic carbocycles. The van der Waals surface area contributed by atoms with Crippen LogP contribution >= 0.6 is 11.6 Å². The summed E-state index contributed by atoms with van der Waals surface area (Å²) in [5.74, 6) is 0.159. The van der Waals surface area contributed by atoms with Gasteiger partial charge in [-0.2, -0.15) is 0 Å².